The van der Waals surface area contributed by atoms with E-state index in [-0.39, 0.29) is 0 Å². The molecular weight excluding hydrogens is 206 g/mol. The maximum absolute atomic E-state index is 11.2. The van der Waals surface area contributed by atoms with E-state index in [1.165, 1.54) is 0 Å². The fourth-order valence-electron chi connectivity index (χ4n) is 1.32. The predicted molar refractivity (Wildman–Crippen MR) is 48.8 cm³/mol. The Morgan fingerprint density at radius 3 is 2.55 bits per heavy atom. The minimum Gasteiger partial charge on any atom is -0.343 e. The van der Waals surface area contributed by atoms with Crippen molar-refractivity contribution >= 4 is 21.8 Å². The van der Waals surface area contributed by atoms with Gasteiger partial charge < -0.3 is 4.90 Å². The van der Waals surface area contributed by atoms with Gasteiger partial charge in [0.1, 0.15) is 0 Å². The van der Waals surface area contributed by atoms with Crippen LogP contribution in [0.5, 0.6) is 0 Å². The molecular formula is C8H14BrNO. The summed E-state index contributed by atoms with van der Waals surface area (Å²) in [4.78, 5) is 13.8. The van der Waals surface area contributed by atoms with Crippen LogP contribution >= 0.6 is 15.9 Å². The summed E-state index contributed by atoms with van der Waals surface area (Å²) >= 11 is 3.55. The molecule has 0 bridgehead atoms. The molecule has 1 aliphatic heterocycles. The second-order valence-corrected chi connectivity index (χ2v) is 4.20. The van der Waals surface area contributed by atoms with E-state index in [1.54, 1.807) is 0 Å². The van der Waals surface area contributed by atoms with E-state index in [2.05, 4.69) is 15.9 Å². The number of likely N-dealkylation sites (tertiary alicyclic amines) is 1. The van der Waals surface area contributed by atoms with Crippen molar-refractivity contribution in [3.05, 3.63) is 0 Å². The molecule has 1 heterocycles. The van der Waals surface area contributed by atoms with Crippen LogP contribution in [-0.4, -0.2) is 28.7 Å². The fourth-order valence-corrected chi connectivity index (χ4v) is 1.73. The average Bonchev–Trinajstić information content (AvgIpc) is 2.05. The predicted octanol–water partition coefficient (Wildman–Crippen LogP) is 1.78. The van der Waals surface area contributed by atoms with Crippen molar-refractivity contribution < 1.29 is 4.79 Å². The van der Waals surface area contributed by atoms with Gasteiger partial charge in [-0.3, -0.25) is 4.79 Å². The van der Waals surface area contributed by atoms with Crippen molar-refractivity contribution in [1.29, 1.82) is 0 Å². The molecule has 0 aromatic carbocycles. The molecule has 1 saturated heterocycles. The highest BCUT2D eigenvalue weighted by atomic mass is 79.9. The maximum atomic E-state index is 11.2. The van der Waals surface area contributed by atoms with Crippen molar-refractivity contribution in [3.8, 4) is 0 Å². The third-order valence-electron chi connectivity index (χ3n) is 2.08. The molecule has 11 heavy (non-hydrogen) atoms. The number of nitrogens with zero attached hydrogens (tertiary/aromatic N) is 1. The summed E-state index contributed by atoms with van der Waals surface area (Å²) in [6.45, 7) is 3.79. The Labute approximate surface area is 76.1 Å². The molecule has 0 spiro atoms. The van der Waals surface area contributed by atoms with Gasteiger partial charge in [-0.2, -0.15) is 0 Å². The van der Waals surface area contributed by atoms with Gasteiger partial charge in [0.2, 0.25) is 5.91 Å². The van der Waals surface area contributed by atoms with Gasteiger partial charge in [-0.1, -0.05) is 22.9 Å². The van der Waals surface area contributed by atoms with Crippen LogP contribution in [0.25, 0.3) is 0 Å². The number of piperidine rings is 1. The fraction of sp³-hybridized carbons (Fsp3) is 0.875. The first-order valence-corrected chi connectivity index (χ1v) is 5.07. The van der Waals surface area contributed by atoms with Crippen LogP contribution in [0.3, 0.4) is 0 Å². The van der Waals surface area contributed by atoms with Gasteiger partial charge >= 0.3 is 0 Å². The Bertz CT molecular complexity index is 141. The quantitative estimate of drug-likeness (QED) is 0.617. The van der Waals surface area contributed by atoms with Crippen LogP contribution in [0, 0.1) is 0 Å². The van der Waals surface area contributed by atoms with Gasteiger partial charge in [-0.05, 0) is 12.8 Å². The number of carbonyl (C=O) groups is 1. The van der Waals surface area contributed by atoms with Gasteiger partial charge in [0.15, 0.2) is 0 Å². The minimum absolute atomic E-state index is 0.296. The minimum atomic E-state index is 0.296. The van der Waals surface area contributed by atoms with Crippen LogP contribution in [0.15, 0.2) is 0 Å². The highest BCUT2D eigenvalue weighted by molar-refractivity contribution is 9.09. The molecule has 1 fully saturated rings. The SMILES string of the molecule is CCC(=O)N1CCC(Br)CC1. The lowest BCUT2D eigenvalue weighted by molar-refractivity contribution is -0.131. The summed E-state index contributed by atoms with van der Waals surface area (Å²) in [5.74, 6) is 0.296. The molecule has 1 amide bonds. The Hall–Kier alpha value is -0.0500. The zero-order valence-corrected chi connectivity index (χ0v) is 8.43. The van der Waals surface area contributed by atoms with Crippen molar-refractivity contribution in [3.63, 3.8) is 0 Å². The molecule has 0 aliphatic carbocycles. The van der Waals surface area contributed by atoms with Crippen LogP contribution in [0.1, 0.15) is 26.2 Å². The number of alkyl halides is 1. The Morgan fingerprint density at radius 2 is 2.09 bits per heavy atom. The van der Waals surface area contributed by atoms with Gasteiger partial charge in [0.05, 0.1) is 0 Å². The molecule has 1 rings (SSSR count). The van der Waals surface area contributed by atoms with E-state index < -0.39 is 0 Å². The molecule has 0 saturated carbocycles. The highest BCUT2D eigenvalue weighted by Crippen LogP contribution is 2.17. The number of hydrogen-bond donors (Lipinski definition) is 0. The molecule has 64 valence electrons. The lowest BCUT2D eigenvalue weighted by atomic mass is 10.1. The number of hydrogen-bond acceptors (Lipinski definition) is 1. The monoisotopic (exact) mass is 219 g/mol. The molecule has 0 radical (unpaired) electrons. The van der Waals surface area contributed by atoms with Crippen LogP contribution in [0.2, 0.25) is 0 Å². The smallest absolute Gasteiger partial charge is 0.222 e. The highest BCUT2D eigenvalue weighted by Gasteiger charge is 2.19. The van der Waals surface area contributed by atoms with Gasteiger partial charge in [-0.15, -0.1) is 0 Å². The van der Waals surface area contributed by atoms with Gasteiger partial charge in [-0.25, -0.2) is 0 Å². The second kappa shape index (κ2) is 4.10. The summed E-state index contributed by atoms with van der Waals surface area (Å²) in [6.07, 6.45) is 2.85. The summed E-state index contributed by atoms with van der Waals surface area (Å²) in [5.41, 5.74) is 0. The van der Waals surface area contributed by atoms with Crippen molar-refractivity contribution in [1.82, 2.24) is 4.90 Å². The second-order valence-electron chi connectivity index (χ2n) is 2.91. The standard InChI is InChI=1S/C8H14BrNO/c1-2-8(11)10-5-3-7(9)4-6-10/h7H,2-6H2,1H3. The zero-order valence-electron chi connectivity index (χ0n) is 6.85. The average molecular weight is 220 g/mol. The van der Waals surface area contributed by atoms with Crippen LogP contribution in [0.4, 0.5) is 0 Å². The van der Waals surface area contributed by atoms with E-state index in [4.69, 9.17) is 0 Å². The van der Waals surface area contributed by atoms with E-state index in [0.29, 0.717) is 17.2 Å². The number of rotatable bonds is 1. The zero-order chi connectivity index (χ0) is 8.27. The molecule has 1 aliphatic rings. The summed E-state index contributed by atoms with van der Waals surface area (Å²) in [7, 11) is 0. The molecule has 0 aromatic heterocycles. The third-order valence-corrected chi connectivity index (χ3v) is 3.00. The van der Waals surface area contributed by atoms with E-state index in [0.717, 1.165) is 25.9 Å². The normalized spacial score (nSPS) is 20.4. The Balaban J connectivity index is 2.33. The molecule has 2 nitrogen and oxygen atoms in total. The molecule has 3 heteroatoms. The maximum Gasteiger partial charge on any atom is 0.222 e. The number of halogens is 1. The third kappa shape index (κ3) is 2.47. The first-order chi connectivity index (χ1) is 5.24. The first kappa shape index (κ1) is 9.04. The number of amides is 1. The van der Waals surface area contributed by atoms with Crippen LogP contribution in [-0.2, 0) is 4.79 Å². The van der Waals surface area contributed by atoms with Gasteiger partial charge in [0, 0.05) is 24.3 Å². The van der Waals surface area contributed by atoms with E-state index >= 15 is 0 Å². The molecule has 0 aromatic rings. The largest absolute Gasteiger partial charge is 0.343 e. The molecule has 0 unspecified atom stereocenters. The summed E-state index contributed by atoms with van der Waals surface area (Å²) in [6, 6.07) is 0. The Morgan fingerprint density at radius 1 is 1.55 bits per heavy atom. The topological polar surface area (TPSA) is 20.3 Å². The number of carbonyl (C=O) groups excluding carboxylic acids is 1. The van der Waals surface area contributed by atoms with Crippen molar-refractivity contribution in [2.45, 2.75) is 31.0 Å². The first-order valence-electron chi connectivity index (χ1n) is 4.16. The van der Waals surface area contributed by atoms with Gasteiger partial charge in [0.25, 0.3) is 0 Å². The summed E-state index contributed by atoms with van der Waals surface area (Å²) < 4.78 is 0. The Kier molecular flexibility index (Phi) is 3.37. The molecule has 0 atom stereocenters. The molecule has 0 N–H and O–H groups in total. The van der Waals surface area contributed by atoms with E-state index in [1.807, 2.05) is 11.8 Å². The van der Waals surface area contributed by atoms with Crippen LogP contribution < -0.4 is 0 Å². The lowest BCUT2D eigenvalue weighted by Gasteiger charge is -2.29. The lowest BCUT2D eigenvalue weighted by Crippen LogP contribution is -2.38. The van der Waals surface area contributed by atoms with Crippen molar-refractivity contribution in [2.24, 2.45) is 0 Å². The summed E-state index contributed by atoms with van der Waals surface area (Å²) in [5, 5.41) is 0. The van der Waals surface area contributed by atoms with Crippen molar-refractivity contribution in [2.75, 3.05) is 13.1 Å². The van der Waals surface area contributed by atoms with E-state index in [9.17, 15) is 4.79 Å².